The second-order valence-electron chi connectivity index (χ2n) is 4.33. The number of nitrogens with zero attached hydrogens (tertiary/aromatic N) is 2. The van der Waals surface area contributed by atoms with Crippen molar-refractivity contribution in [3.63, 3.8) is 0 Å². The van der Waals surface area contributed by atoms with Crippen molar-refractivity contribution in [1.82, 2.24) is 15.2 Å². The maximum absolute atomic E-state index is 4.47. The molecule has 1 heterocycles. The van der Waals surface area contributed by atoms with E-state index in [4.69, 9.17) is 0 Å². The van der Waals surface area contributed by atoms with Crippen molar-refractivity contribution in [1.29, 1.82) is 0 Å². The normalized spacial score (nSPS) is 10.6. The number of nitrogens with one attached hydrogen (secondary N) is 1. The maximum Gasteiger partial charge on any atom is 0.0746 e. The minimum atomic E-state index is 0. The van der Waals surface area contributed by atoms with Crippen molar-refractivity contribution in [3.05, 3.63) is 42.1 Å². The quantitative estimate of drug-likeness (QED) is 0.899. The van der Waals surface area contributed by atoms with Crippen LogP contribution in [0, 0.1) is 0 Å². The Morgan fingerprint density at radius 2 is 2.00 bits per heavy atom. The van der Waals surface area contributed by atoms with E-state index in [1.165, 1.54) is 10.9 Å². The van der Waals surface area contributed by atoms with Gasteiger partial charge in [-0.05, 0) is 25.7 Å². The van der Waals surface area contributed by atoms with E-state index in [9.17, 15) is 0 Å². The van der Waals surface area contributed by atoms with E-state index in [0.717, 1.165) is 25.2 Å². The fourth-order valence-corrected chi connectivity index (χ4v) is 1.97. The SMILES string of the molecule is CNCCN(C)Cc1cccc2cccnc12.Cl. The zero-order chi connectivity index (χ0) is 12.1. The number of rotatable bonds is 5. The average molecular weight is 266 g/mol. The Morgan fingerprint density at radius 1 is 1.22 bits per heavy atom. The average Bonchev–Trinajstić information content (AvgIpc) is 2.37. The van der Waals surface area contributed by atoms with Gasteiger partial charge in [0.1, 0.15) is 0 Å². The van der Waals surface area contributed by atoms with E-state index in [1.807, 2.05) is 19.3 Å². The summed E-state index contributed by atoms with van der Waals surface area (Å²) in [4.78, 5) is 6.78. The fraction of sp³-hybridized carbons (Fsp3) is 0.357. The molecule has 0 unspecified atom stereocenters. The Labute approximate surface area is 115 Å². The van der Waals surface area contributed by atoms with Crippen LogP contribution in [0.4, 0.5) is 0 Å². The highest BCUT2D eigenvalue weighted by atomic mass is 35.5. The molecule has 98 valence electrons. The predicted octanol–water partition coefficient (Wildman–Crippen LogP) is 2.31. The molecule has 0 saturated heterocycles. The topological polar surface area (TPSA) is 28.2 Å². The van der Waals surface area contributed by atoms with Gasteiger partial charge in [-0.2, -0.15) is 0 Å². The molecule has 18 heavy (non-hydrogen) atoms. The molecule has 3 nitrogen and oxygen atoms in total. The first kappa shape index (κ1) is 14.9. The van der Waals surface area contributed by atoms with Gasteiger partial charge in [0.25, 0.3) is 0 Å². The van der Waals surface area contributed by atoms with Crippen LogP contribution >= 0.6 is 12.4 Å². The molecule has 0 fully saturated rings. The Balaban J connectivity index is 0.00000162. The van der Waals surface area contributed by atoms with E-state index < -0.39 is 0 Å². The number of para-hydroxylation sites is 1. The molecule has 0 aliphatic carbocycles. The second kappa shape index (κ2) is 7.31. The molecule has 0 bridgehead atoms. The predicted molar refractivity (Wildman–Crippen MR) is 79.3 cm³/mol. The summed E-state index contributed by atoms with van der Waals surface area (Å²) in [6.07, 6.45) is 1.86. The molecule has 1 aromatic carbocycles. The maximum atomic E-state index is 4.47. The van der Waals surface area contributed by atoms with Gasteiger partial charge < -0.3 is 10.2 Å². The molecule has 2 aromatic rings. The zero-order valence-corrected chi connectivity index (χ0v) is 11.7. The second-order valence-corrected chi connectivity index (χ2v) is 4.33. The van der Waals surface area contributed by atoms with Crippen LogP contribution in [0.25, 0.3) is 10.9 Å². The van der Waals surface area contributed by atoms with Gasteiger partial charge in [-0.3, -0.25) is 4.98 Å². The molecule has 0 spiro atoms. The summed E-state index contributed by atoms with van der Waals surface area (Å²) in [6, 6.07) is 10.5. The van der Waals surface area contributed by atoms with Crippen LogP contribution in [0.15, 0.2) is 36.5 Å². The first-order valence-corrected chi connectivity index (χ1v) is 5.97. The van der Waals surface area contributed by atoms with Gasteiger partial charge >= 0.3 is 0 Å². The number of hydrogen-bond donors (Lipinski definition) is 1. The number of likely N-dealkylation sites (N-methyl/N-ethyl adjacent to an activating group) is 2. The number of benzene rings is 1. The highest BCUT2D eigenvalue weighted by molar-refractivity contribution is 5.85. The molecule has 0 amide bonds. The lowest BCUT2D eigenvalue weighted by Crippen LogP contribution is -2.27. The van der Waals surface area contributed by atoms with E-state index in [2.05, 4.69) is 46.5 Å². The molecular formula is C14H20ClN3. The highest BCUT2D eigenvalue weighted by Gasteiger charge is 2.04. The van der Waals surface area contributed by atoms with Gasteiger partial charge in [-0.15, -0.1) is 12.4 Å². The monoisotopic (exact) mass is 265 g/mol. The molecule has 1 N–H and O–H groups in total. The number of pyridine rings is 1. The summed E-state index contributed by atoms with van der Waals surface area (Å²) in [6.45, 7) is 2.99. The Morgan fingerprint density at radius 3 is 2.78 bits per heavy atom. The third-order valence-corrected chi connectivity index (χ3v) is 2.90. The summed E-state index contributed by atoms with van der Waals surface area (Å²) in [5.41, 5.74) is 2.41. The van der Waals surface area contributed by atoms with Crippen LogP contribution in [-0.4, -0.2) is 37.1 Å². The van der Waals surface area contributed by atoms with Gasteiger partial charge in [0.05, 0.1) is 5.52 Å². The summed E-state index contributed by atoms with van der Waals surface area (Å²) >= 11 is 0. The molecule has 0 saturated carbocycles. The molecule has 0 radical (unpaired) electrons. The van der Waals surface area contributed by atoms with E-state index in [1.54, 1.807) is 0 Å². The van der Waals surface area contributed by atoms with Gasteiger partial charge in [0.15, 0.2) is 0 Å². The number of hydrogen-bond acceptors (Lipinski definition) is 3. The minimum Gasteiger partial charge on any atom is -0.318 e. The van der Waals surface area contributed by atoms with Gasteiger partial charge in [-0.1, -0.05) is 24.3 Å². The van der Waals surface area contributed by atoms with Gasteiger partial charge in [-0.25, -0.2) is 0 Å². The summed E-state index contributed by atoms with van der Waals surface area (Å²) in [5, 5.41) is 4.38. The van der Waals surface area contributed by atoms with Crippen LogP contribution in [0.2, 0.25) is 0 Å². The van der Waals surface area contributed by atoms with Crippen LogP contribution in [-0.2, 0) is 6.54 Å². The third-order valence-electron chi connectivity index (χ3n) is 2.90. The Kier molecular flexibility index (Phi) is 6.05. The smallest absolute Gasteiger partial charge is 0.0746 e. The number of fused-ring (bicyclic) bond motifs is 1. The van der Waals surface area contributed by atoms with Crippen molar-refractivity contribution in [2.75, 3.05) is 27.2 Å². The highest BCUT2D eigenvalue weighted by Crippen LogP contribution is 2.16. The summed E-state index contributed by atoms with van der Waals surface area (Å²) in [5.74, 6) is 0. The lowest BCUT2D eigenvalue weighted by molar-refractivity contribution is 0.329. The van der Waals surface area contributed by atoms with Crippen LogP contribution < -0.4 is 5.32 Å². The molecular weight excluding hydrogens is 246 g/mol. The molecule has 0 atom stereocenters. The molecule has 1 aromatic heterocycles. The van der Waals surface area contributed by atoms with E-state index in [-0.39, 0.29) is 12.4 Å². The first-order valence-electron chi connectivity index (χ1n) is 5.97. The number of aromatic nitrogens is 1. The van der Waals surface area contributed by atoms with Crippen molar-refractivity contribution >= 4 is 23.3 Å². The fourth-order valence-electron chi connectivity index (χ4n) is 1.97. The summed E-state index contributed by atoms with van der Waals surface area (Å²) in [7, 11) is 4.12. The standard InChI is InChI=1S/C14H19N3.ClH/c1-15-9-10-17(2)11-13-6-3-5-12-7-4-8-16-14(12)13;/h3-8,15H,9-11H2,1-2H3;1H. The zero-order valence-electron chi connectivity index (χ0n) is 10.9. The lowest BCUT2D eigenvalue weighted by Gasteiger charge is -2.17. The first-order chi connectivity index (χ1) is 8.31. The van der Waals surface area contributed by atoms with Gasteiger partial charge in [0, 0.05) is 31.2 Å². The van der Waals surface area contributed by atoms with Crippen molar-refractivity contribution < 1.29 is 0 Å². The Hall–Kier alpha value is -1.16. The van der Waals surface area contributed by atoms with Crippen LogP contribution in [0.3, 0.4) is 0 Å². The van der Waals surface area contributed by atoms with Crippen LogP contribution in [0.5, 0.6) is 0 Å². The molecule has 2 rings (SSSR count). The van der Waals surface area contributed by atoms with E-state index in [0.29, 0.717) is 0 Å². The van der Waals surface area contributed by atoms with Crippen molar-refractivity contribution in [2.24, 2.45) is 0 Å². The lowest BCUT2D eigenvalue weighted by atomic mass is 10.1. The minimum absolute atomic E-state index is 0. The van der Waals surface area contributed by atoms with Crippen molar-refractivity contribution in [3.8, 4) is 0 Å². The molecule has 0 aliphatic rings. The largest absolute Gasteiger partial charge is 0.318 e. The number of halogens is 1. The molecule has 4 heteroatoms. The Bertz CT molecular complexity index is 482. The van der Waals surface area contributed by atoms with E-state index >= 15 is 0 Å². The van der Waals surface area contributed by atoms with Crippen molar-refractivity contribution in [2.45, 2.75) is 6.54 Å². The van der Waals surface area contributed by atoms with Crippen LogP contribution in [0.1, 0.15) is 5.56 Å². The summed E-state index contributed by atoms with van der Waals surface area (Å²) < 4.78 is 0. The third kappa shape index (κ3) is 3.67. The molecule has 0 aliphatic heterocycles. The van der Waals surface area contributed by atoms with Gasteiger partial charge in [0.2, 0.25) is 0 Å².